The summed E-state index contributed by atoms with van der Waals surface area (Å²) in [6, 6.07) is 8.51. The Morgan fingerprint density at radius 3 is 2.70 bits per heavy atom. The van der Waals surface area contributed by atoms with E-state index >= 15 is 0 Å². The molecule has 1 aromatic carbocycles. The first kappa shape index (κ1) is 14.9. The first-order valence-electron chi connectivity index (χ1n) is 6.76. The summed E-state index contributed by atoms with van der Waals surface area (Å²) in [4.78, 5) is 6.03. The lowest BCUT2D eigenvalue weighted by molar-refractivity contribution is 0.216. The van der Waals surface area contributed by atoms with Gasteiger partial charge in [-0.3, -0.25) is 4.99 Å². The van der Waals surface area contributed by atoms with E-state index in [0.717, 1.165) is 29.3 Å². The number of nitrogens with two attached hydrogens (primary N) is 1. The van der Waals surface area contributed by atoms with E-state index < -0.39 is 0 Å². The summed E-state index contributed by atoms with van der Waals surface area (Å²) < 4.78 is 0. The van der Waals surface area contributed by atoms with Crippen molar-refractivity contribution in [2.24, 2.45) is 10.7 Å². The molecule has 1 saturated heterocycles. The summed E-state index contributed by atoms with van der Waals surface area (Å²) >= 11 is 6.13. The van der Waals surface area contributed by atoms with Crippen molar-refractivity contribution in [1.82, 2.24) is 10.2 Å². The number of nitrogens with zero attached hydrogens (tertiary/aromatic N) is 2. The third-order valence-electron chi connectivity index (χ3n) is 3.64. The standard InChI is InChI=1S/C15H21ClN4/c1-10-9-20(11(2)8-19-10)15(17)13-7-5-4-6-12(13)14(16)18-3/h4-7,10-11,19H,3,8-9,17H2,1-2H3/b14-12-,15-13+/t10-,11-/m1/s1. The molecule has 20 heavy (non-hydrogen) atoms. The Balaban J connectivity index is 2.60. The van der Waals surface area contributed by atoms with Crippen LogP contribution in [0.2, 0.25) is 0 Å². The van der Waals surface area contributed by atoms with Crippen molar-refractivity contribution in [2.45, 2.75) is 25.9 Å². The van der Waals surface area contributed by atoms with Crippen molar-refractivity contribution in [3.63, 3.8) is 0 Å². The topological polar surface area (TPSA) is 53.6 Å². The van der Waals surface area contributed by atoms with Crippen LogP contribution in [0.5, 0.6) is 0 Å². The van der Waals surface area contributed by atoms with Gasteiger partial charge in [0.05, 0.1) is 0 Å². The van der Waals surface area contributed by atoms with Crippen LogP contribution in [0.3, 0.4) is 0 Å². The minimum Gasteiger partial charge on any atom is -0.385 e. The minimum atomic E-state index is 0.342. The van der Waals surface area contributed by atoms with Crippen molar-refractivity contribution in [3.05, 3.63) is 34.7 Å². The van der Waals surface area contributed by atoms with E-state index in [4.69, 9.17) is 17.3 Å². The predicted molar refractivity (Wildman–Crippen MR) is 85.7 cm³/mol. The maximum atomic E-state index is 6.40. The molecule has 0 radical (unpaired) electrons. The van der Waals surface area contributed by atoms with Crippen LogP contribution in [0.15, 0.2) is 29.3 Å². The molecule has 2 atom stereocenters. The van der Waals surface area contributed by atoms with Gasteiger partial charge in [0.15, 0.2) is 0 Å². The number of aliphatic imine (C=N–C) groups is 1. The normalized spacial score (nSPS) is 26.1. The zero-order valence-electron chi connectivity index (χ0n) is 11.9. The molecule has 1 heterocycles. The fourth-order valence-electron chi connectivity index (χ4n) is 2.48. The fraction of sp³-hybridized carbons (Fsp3) is 0.400. The molecule has 1 aromatic rings. The maximum Gasteiger partial charge on any atom is 0.136 e. The van der Waals surface area contributed by atoms with Crippen LogP contribution in [0.25, 0.3) is 11.0 Å². The van der Waals surface area contributed by atoms with Crippen LogP contribution in [0, 0.1) is 0 Å². The lowest BCUT2D eigenvalue weighted by Crippen LogP contribution is -2.56. The van der Waals surface area contributed by atoms with Crippen molar-refractivity contribution in [3.8, 4) is 0 Å². The highest BCUT2D eigenvalue weighted by Gasteiger charge is 2.23. The molecule has 1 aliphatic heterocycles. The van der Waals surface area contributed by atoms with Crippen LogP contribution < -0.4 is 21.5 Å². The minimum absolute atomic E-state index is 0.342. The summed E-state index contributed by atoms with van der Waals surface area (Å²) in [6.07, 6.45) is 0. The van der Waals surface area contributed by atoms with E-state index in [-0.39, 0.29) is 0 Å². The molecule has 0 aromatic heterocycles. The van der Waals surface area contributed by atoms with Crippen molar-refractivity contribution in [2.75, 3.05) is 13.1 Å². The molecule has 0 bridgehead atoms. The number of hydrogen-bond donors (Lipinski definition) is 2. The van der Waals surface area contributed by atoms with Crippen LogP contribution in [-0.4, -0.2) is 36.8 Å². The quantitative estimate of drug-likeness (QED) is 0.613. The third kappa shape index (κ3) is 2.97. The number of rotatable bonds is 2. The van der Waals surface area contributed by atoms with Gasteiger partial charge in [-0.2, -0.15) is 0 Å². The molecule has 2 rings (SSSR count). The highest BCUT2D eigenvalue weighted by molar-refractivity contribution is 6.45. The summed E-state index contributed by atoms with van der Waals surface area (Å²) in [5, 5.41) is 5.55. The Morgan fingerprint density at radius 1 is 1.40 bits per heavy atom. The molecule has 5 heteroatoms. The van der Waals surface area contributed by atoms with Gasteiger partial charge in [0.1, 0.15) is 11.0 Å². The maximum absolute atomic E-state index is 6.40. The number of benzene rings is 1. The second-order valence-corrected chi connectivity index (χ2v) is 5.55. The van der Waals surface area contributed by atoms with Gasteiger partial charge in [-0.1, -0.05) is 35.9 Å². The van der Waals surface area contributed by atoms with Gasteiger partial charge in [-0.15, -0.1) is 0 Å². The fourth-order valence-corrected chi connectivity index (χ4v) is 2.65. The molecule has 3 N–H and O–H groups in total. The van der Waals surface area contributed by atoms with Crippen LogP contribution in [0.4, 0.5) is 0 Å². The van der Waals surface area contributed by atoms with E-state index in [1.54, 1.807) is 0 Å². The lowest BCUT2D eigenvalue weighted by atomic mass is 10.1. The highest BCUT2D eigenvalue weighted by atomic mass is 35.5. The molecule has 108 valence electrons. The molecule has 1 aliphatic rings. The molecule has 0 spiro atoms. The lowest BCUT2D eigenvalue weighted by Gasteiger charge is -2.39. The van der Waals surface area contributed by atoms with E-state index in [1.165, 1.54) is 0 Å². The summed E-state index contributed by atoms with van der Waals surface area (Å²) in [5.41, 5.74) is 6.40. The molecule has 0 amide bonds. The van der Waals surface area contributed by atoms with Crippen molar-refractivity contribution < 1.29 is 0 Å². The first-order valence-corrected chi connectivity index (χ1v) is 7.13. The molecule has 0 saturated carbocycles. The number of halogens is 1. The Kier molecular flexibility index (Phi) is 4.68. The van der Waals surface area contributed by atoms with Crippen molar-refractivity contribution in [1.29, 1.82) is 0 Å². The summed E-state index contributed by atoms with van der Waals surface area (Å²) in [7, 11) is 0. The predicted octanol–water partition coefficient (Wildman–Crippen LogP) is 0.398. The number of piperazine rings is 1. The van der Waals surface area contributed by atoms with Gasteiger partial charge in [0.25, 0.3) is 0 Å². The average molecular weight is 293 g/mol. The largest absolute Gasteiger partial charge is 0.385 e. The van der Waals surface area contributed by atoms with Crippen LogP contribution >= 0.6 is 11.6 Å². The van der Waals surface area contributed by atoms with Gasteiger partial charge in [0, 0.05) is 35.6 Å². The second-order valence-electron chi connectivity index (χ2n) is 5.19. The van der Waals surface area contributed by atoms with E-state index in [2.05, 4.69) is 35.8 Å². The first-order chi connectivity index (χ1) is 9.54. The van der Waals surface area contributed by atoms with Crippen molar-refractivity contribution >= 4 is 29.3 Å². The van der Waals surface area contributed by atoms with Crippen LogP contribution in [-0.2, 0) is 0 Å². The Hall–Kier alpha value is -1.52. The molecule has 0 unspecified atom stereocenters. The van der Waals surface area contributed by atoms with Gasteiger partial charge < -0.3 is 16.0 Å². The van der Waals surface area contributed by atoms with E-state index in [9.17, 15) is 0 Å². The molecule has 0 aliphatic carbocycles. The Morgan fingerprint density at radius 2 is 2.05 bits per heavy atom. The van der Waals surface area contributed by atoms with Gasteiger partial charge in [0.2, 0.25) is 0 Å². The third-order valence-corrected chi connectivity index (χ3v) is 3.96. The zero-order valence-corrected chi connectivity index (χ0v) is 12.7. The van der Waals surface area contributed by atoms with Gasteiger partial charge in [-0.05, 0) is 20.6 Å². The average Bonchev–Trinajstić information content (AvgIpc) is 2.48. The van der Waals surface area contributed by atoms with Gasteiger partial charge in [-0.25, -0.2) is 0 Å². The monoisotopic (exact) mass is 292 g/mol. The van der Waals surface area contributed by atoms with Crippen LogP contribution in [0.1, 0.15) is 13.8 Å². The van der Waals surface area contributed by atoms with Gasteiger partial charge >= 0.3 is 0 Å². The number of hydrogen-bond acceptors (Lipinski definition) is 4. The smallest absolute Gasteiger partial charge is 0.136 e. The molecular formula is C15H21ClN4. The number of nitrogens with one attached hydrogen (secondary N) is 1. The highest BCUT2D eigenvalue weighted by Crippen LogP contribution is 2.10. The molecule has 1 fully saturated rings. The Bertz CT molecular complexity index is 611. The SMILES string of the molecule is C=N/C(Cl)=c1/cccc/c1=C(/N)N1C[C@@H](C)NC[C@H]1C. The molecular weight excluding hydrogens is 272 g/mol. The summed E-state index contributed by atoms with van der Waals surface area (Å²) in [5.74, 6) is 0.739. The summed E-state index contributed by atoms with van der Waals surface area (Å²) in [6.45, 7) is 9.59. The van der Waals surface area contributed by atoms with E-state index in [0.29, 0.717) is 17.2 Å². The van der Waals surface area contributed by atoms with E-state index in [1.807, 2.05) is 24.3 Å². The zero-order chi connectivity index (χ0) is 14.7. The Labute approximate surface area is 124 Å². The second kappa shape index (κ2) is 6.29. The molecule has 4 nitrogen and oxygen atoms in total.